The molecule has 0 saturated carbocycles. The van der Waals surface area contributed by atoms with Crippen LogP contribution in [0.3, 0.4) is 0 Å². The summed E-state index contributed by atoms with van der Waals surface area (Å²) in [7, 11) is 0. The van der Waals surface area contributed by atoms with Gasteiger partial charge in [0.2, 0.25) is 11.6 Å². The van der Waals surface area contributed by atoms with Crippen LogP contribution in [0.4, 0.5) is 8.78 Å². The third-order valence-electron chi connectivity index (χ3n) is 4.52. The smallest absolute Gasteiger partial charge is 0.345 e. The summed E-state index contributed by atoms with van der Waals surface area (Å²) in [6, 6.07) is 12.0. The average molecular weight is 401 g/mol. The molecule has 0 fully saturated rings. The topological polar surface area (TPSA) is 71.5 Å². The molecule has 29 heavy (non-hydrogen) atoms. The number of rotatable bonds is 9. The highest BCUT2D eigenvalue weighted by molar-refractivity contribution is 6.26. The number of benzene rings is 1. The van der Waals surface area contributed by atoms with Crippen LogP contribution in [0.5, 0.6) is 0 Å². The number of pyridine rings is 1. The molecular weight excluding hydrogens is 380 g/mol. The minimum absolute atomic E-state index is 0.0362. The summed E-state index contributed by atoms with van der Waals surface area (Å²) in [5.74, 6) is -0.651. The number of carbonyl (C=O) groups excluding carboxylic acids is 2. The van der Waals surface area contributed by atoms with E-state index < -0.39 is 6.61 Å². The van der Waals surface area contributed by atoms with Gasteiger partial charge in [-0.2, -0.15) is 8.78 Å². The highest BCUT2D eigenvalue weighted by Crippen LogP contribution is 2.28. The van der Waals surface area contributed by atoms with Crippen molar-refractivity contribution in [1.82, 2.24) is 15.2 Å². The molecule has 152 valence electrons. The molecule has 3 rings (SSSR count). The molecule has 0 spiro atoms. The van der Waals surface area contributed by atoms with Crippen molar-refractivity contribution < 1.29 is 23.1 Å². The molecule has 0 bridgehead atoms. The fraction of sp³-hybridized carbons (Fsp3) is 0.286. The SMILES string of the molecule is CCN(Cc1ccccn1)C1=C(NCCOC(F)F)C(=O)c2ccccc2C1=O. The van der Waals surface area contributed by atoms with Gasteiger partial charge in [-0.05, 0) is 19.1 Å². The van der Waals surface area contributed by atoms with Crippen LogP contribution in [0, 0.1) is 0 Å². The van der Waals surface area contributed by atoms with Gasteiger partial charge in [-0.25, -0.2) is 0 Å². The zero-order valence-electron chi connectivity index (χ0n) is 15.9. The number of hydrogen-bond donors (Lipinski definition) is 1. The van der Waals surface area contributed by atoms with Gasteiger partial charge in [-0.15, -0.1) is 0 Å². The minimum Gasteiger partial charge on any atom is -0.378 e. The van der Waals surface area contributed by atoms with Crippen molar-refractivity contribution >= 4 is 11.6 Å². The monoisotopic (exact) mass is 401 g/mol. The van der Waals surface area contributed by atoms with E-state index in [4.69, 9.17) is 0 Å². The lowest BCUT2D eigenvalue weighted by Crippen LogP contribution is -2.39. The number of halogens is 2. The minimum atomic E-state index is -2.90. The first kappa shape index (κ1) is 20.6. The molecule has 8 heteroatoms. The molecule has 0 radical (unpaired) electrons. The summed E-state index contributed by atoms with van der Waals surface area (Å²) < 4.78 is 28.7. The highest BCUT2D eigenvalue weighted by atomic mass is 19.3. The Balaban J connectivity index is 1.96. The number of aromatic nitrogens is 1. The first-order valence-electron chi connectivity index (χ1n) is 9.24. The fourth-order valence-corrected chi connectivity index (χ4v) is 3.19. The standard InChI is InChI=1S/C21H21F2N3O3/c1-2-26(13-14-7-5-6-10-24-14)18-17(25-11-12-29-21(22)23)19(27)15-8-3-4-9-16(15)20(18)28/h3-10,21,25H,2,11-13H2,1H3. The number of Topliss-reactive ketones (excluding diaryl/α,β-unsaturated/α-hetero) is 2. The van der Waals surface area contributed by atoms with Crippen molar-refractivity contribution in [3.05, 3.63) is 76.9 Å². The number of fused-ring (bicyclic) bond motifs is 1. The molecular formula is C21H21F2N3O3. The zero-order chi connectivity index (χ0) is 20.8. The van der Waals surface area contributed by atoms with Crippen LogP contribution in [0.1, 0.15) is 33.3 Å². The van der Waals surface area contributed by atoms with Crippen molar-refractivity contribution in [1.29, 1.82) is 0 Å². The van der Waals surface area contributed by atoms with Crippen molar-refractivity contribution in [3.8, 4) is 0 Å². The quantitative estimate of drug-likeness (QED) is 0.652. The Kier molecular flexibility index (Phi) is 6.66. The Morgan fingerprint density at radius 2 is 1.76 bits per heavy atom. The predicted octanol–water partition coefficient (Wildman–Crippen LogP) is 3.02. The maximum atomic E-state index is 13.2. The van der Waals surface area contributed by atoms with Gasteiger partial charge in [0.25, 0.3) is 0 Å². The Morgan fingerprint density at radius 1 is 1.07 bits per heavy atom. The molecule has 0 aliphatic heterocycles. The van der Waals surface area contributed by atoms with Crippen LogP contribution in [0.25, 0.3) is 0 Å². The van der Waals surface area contributed by atoms with Gasteiger partial charge in [0.05, 0.1) is 18.8 Å². The van der Waals surface area contributed by atoms with E-state index in [9.17, 15) is 18.4 Å². The summed E-state index contributed by atoms with van der Waals surface area (Å²) in [5, 5.41) is 2.84. The van der Waals surface area contributed by atoms with Crippen molar-refractivity contribution in [3.63, 3.8) is 0 Å². The Labute approximate surface area is 167 Å². The molecule has 0 saturated heterocycles. The van der Waals surface area contributed by atoms with Gasteiger partial charge in [0, 0.05) is 30.4 Å². The van der Waals surface area contributed by atoms with E-state index in [1.807, 2.05) is 19.1 Å². The van der Waals surface area contributed by atoms with Crippen LogP contribution < -0.4 is 5.32 Å². The number of carbonyl (C=O) groups is 2. The third kappa shape index (κ3) is 4.65. The van der Waals surface area contributed by atoms with E-state index in [0.717, 1.165) is 5.69 Å². The summed E-state index contributed by atoms with van der Waals surface area (Å²) in [5.41, 5.74) is 1.64. The van der Waals surface area contributed by atoms with E-state index in [-0.39, 0.29) is 41.7 Å². The van der Waals surface area contributed by atoms with Crippen LogP contribution in [0.2, 0.25) is 0 Å². The normalized spacial score (nSPS) is 13.7. The largest absolute Gasteiger partial charge is 0.378 e. The van der Waals surface area contributed by atoms with E-state index in [1.54, 1.807) is 41.4 Å². The van der Waals surface area contributed by atoms with Crippen LogP contribution in [-0.4, -0.2) is 47.8 Å². The first-order chi connectivity index (χ1) is 14.0. The second-order valence-electron chi connectivity index (χ2n) is 6.32. The maximum absolute atomic E-state index is 13.2. The summed E-state index contributed by atoms with van der Waals surface area (Å²) in [4.78, 5) is 32.4. The number of nitrogens with one attached hydrogen (secondary N) is 1. The summed E-state index contributed by atoms with van der Waals surface area (Å²) in [6.07, 6.45) is 1.65. The van der Waals surface area contributed by atoms with Crippen molar-refractivity contribution in [2.75, 3.05) is 19.7 Å². The first-order valence-corrected chi connectivity index (χ1v) is 9.24. The van der Waals surface area contributed by atoms with Gasteiger partial charge in [-0.3, -0.25) is 14.6 Å². The highest BCUT2D eigenvalue weighted by Gasteiger charge is 2.34. The molecule has 0 amide bonds. The number of allylic oxidation sites excluding steroid dienone is 2. The second-order valence-corrected chi connectivity index (χ2v) is 6.32. The van der Waals surface area contributed by atoms with Crippen LogP contribution in [-0.2, 0) is 11.3 Å². The van der Waals surface area contributed by atoms with Gasteiger partial charge >= 0.3 is 6.61 Å². The predicted molar refractivity (Wildman–Crippen MR) is 102 cm³/mol. The Bertz CT molecular complexity index is 916. The number of ketones is 2. The van der Waals surface area contributed by atoms with Crippen molar-refractivity contribution in [2.45, 2.75) is 20.1 Å². The lowest BCUT2D eigenvalue weighted by molar-refractivity contribution is -0.126. The summed E-state index contributed by atoms with van der Waals surface area (Å²) in [6.45, 7) is -0.592. The summed E-state index contributed by atoms with van der Waals surface area (Å²) >= 11 is 0. The number of hydrogen-bond acceptors (Lipinski definition) is 6. The van der Waals surface area contributed by atoms with Gasteiger partial charge in [0.1, 0.15) is 11.4 Å². The molecule has 1 aromatic carbocycles. The zero-order valence-corrected chi connectivity index (χ0v) is 15.9. The number of nitrogens with zero attached hydrogens (tertiary/aromatic N) is 2. The van der Waals surface area contributed by atoms with E-state index in [1.165, 1.54) is 0 Å². The molecule has 1 aromatic heterocycles. The number of alkyl halides is 2. The molecule has 1 aliphatic carbocycles. The van der Waals surface area contributed by atoms with E-state index in [2.05, 4.69) is 15.0 Å². The molecule has 2 aromatic rings. The van der Waals surface area contributed by atoms with E-state index in [0.29, 0.717) is 18.7 Å². The van der Waals surface area contributed by atoms with Gasteiger partial charge in [0.15, 0.2) is 0 Å². The maximum Gasteiger partial charge on any atom is 0.345 e. The Hall–Kier alpha value is -3.13. The Morgan fingerprint density at radius 3 is 2.38 bits per heavy atom. The molecule has 0 atom stereocenters. The lowest BCUT2D eigenvalue weighted by Gasteiger charge is -2.30. The third-order valence-corrected chi connectivity index (χ3v) is 4.52. The van der Waals surface area contributed by atoms with Crippen molar-refractivity contribution in [2.24, 2.45) is 0 Å². The van der Waals surface area contributed by atoms with Gasteiger partial charge < -0.3 is 15.0 Å². The number of ether oxygens (including phenoxy) is 1. The van der Waals surface area contributed by atoms with Crippen LogP contribution in [0.15, 0.2) is 60.1 Å². The lowest BCUT2D eigenvalue weighted by atomic mass is 9.89. The average Bonchev–Trinajstić information content (AvgIpc) is 2.73. The second kappa shape index (κ2) is 9.38. The van der Waals surface area contributed by atoms with E-state index >= 15 is 0 Å². The molecule has 1 N–H and O–H groups in total. The molecule has 6 nitrogen and oxygen atoms in total. The van der Waals surface area contributed by atoms with Gasteiger partial charge in [-0.1, -0.05) is 30.3 Å². The molecule has 1 aliphatic rings. The number of likely N-dealkylation sites (N-methyl/N-ethyl adjacent to an activating group) is 1. The van der Waals surface area contributed by atoms with Crippen LogP contribution >= 0.6 is 0 Å². The molecule has 0 unspecified atom stereocenters. The molecule has 1 heterocycles. The fourth-order valence-electron chi connectivity index (χ4n) is 3.19.